The molecule has 1 fully saturated rings. The number of halogens is 7. The monoisotopic (exact) mass is 741 g/mol. The Morgan fingerprint density at radius 2 is 1.59 bits per heavy atom. The Labute approximate surface area is 285 Å². The maximum absolute atomic E-state index is 15.5. The lowest BCUT2D eigenvalue weighted by Gasteiger charge is -2.23. The first-order valence-corrected chi connectivity index (χ1v) is 16.5. The average molecular weight is 742 g/mol. The average Bonchev–Trinajstić information content (AvgIpc) is 3.31. The highest BCUT2D eigenvalue weighted by Gasteiger charge is 2.44. The van der Waals surface area contributed by atoms with Gasteiger partial charge in [-0.15, -0.1) is 0 Å². The van der Waals surface area contributed by atoms with E-state index in [1.807, 2.05) is 0 Å². The number of aryl methyl sites for hydroxylation is 1. The number of amides is 1. The number of hydrogen-bond acceptors (Lipinski definition) is 8. The zero-order valence-corrected chi connectivity index (χ0v) is 27.7. The van der Waals surface area contributed by atoms with Crippen LogP contribution in [0.4, 0.5) is 35.5 Å². The number of carboxylic acids is 1. The van der Waals surface area contributed by atoms with E-state index in [0.29, 0.717) is 17.7 Å². The summed E-state index contributed by atoms with van der Waals surface area (Å²) in [4.78, 5) is 33.6. The molecule has 2 atom stereocenters. The molecule has 0 saturated carbocycles. The molecule has 1 amide bonds. The van der Waals surface area contributed by atoms with Crippen LogP contribution in [0.3, 0.4) is 0 Å². The molecule has 1 saturated heterocycles. The van der Waals surface area contributed by atoms with Crippen LogP contribution in [0.5, 0.6) is 5.75 Å². The molecule has 3 aromatic carbocycles. The minimum atomic E-state index is -5.16. The van der Waals surface area contributed by atoms with Crippen LogP contribution in [0.2, 0.25) is 0 Å². The van der Waals surface area contributed by atoms with Crippen molar-refractivity contribution in [1.82, 2.24) is 14.9 Å². The molecule has 0 aliphatic carbocycles. The number of rotatable bonds is 8. The Morgan fingerprint density at radius 3 is 2.12 bits per heavy atom. The number of sulfone groups is 1. The van der Waals surface area contributed by atoms with Crippen LogP contribution in [-0.4, -0.2) is 59.9 Å². The number of cyclic esters (lactones) is 1. The van der Waals surface area contributed by atoms with Gasteiger partial charge in [-0.3, -0.25) is 4.90 Å². The maximum Gasteiger partial charge on any atom is 0.416 e. The number of carbonyl (C=O) groups is 2. The second kappa shape index (κ2) is 13.1. The lowest BCUT2D eigenvalue weighted by atomic mass is 9.93. The van der Waals surface area contributed by atoms with Crippen molar-refractivity contribution < 1.29 is 63.3 Å². The van der Waals surface area contributed by atoms with Crippen LogP contribution in [0.1, 0.15) is 51.3 Å². The van der Waals surface area contributed by atoms with Gasteiger partial charge in [-0.1, -0.05) is 6.07 Å². The van der Waals surface area contributed by atoms with Crippen LogP contribution in [0, 0.1) is 12.7 Å². The fraction of sp³-hybridized carbons (Fsp3) is 0.273. The molecule has 0 radical (unpaired) electrons. The van der Waals surface area contributed by atoms with Gasteiger partial charge in [0.15, 0.2) is 0 Å². The number of methoxy groups -OCH3 is 1. The molecule has 270 valence electrons. The fourth-order valence-electron chi connectivity index (χ4n) is 5.63. The topological polar surface area (TPSA) is 136 Å². The van der Waals surface area contributed by atoms with Crippen molar-refractivity contribution in [3.8, 4) is 28.0 Å². The van der Waals surface area contributed by atoms with Crippen molar-refractivity contribution >= 4 is 21.9 Å². The van der Waals surface area contributed by atoms with Crippen molar-refractivity contribution in [3.05, 3.63) is 94.1 Å². The number of carboxylic acid groups (broad SMARTS) is 1. The van der Waals surface area contributed by atoms with Crippen molar-refractivity contribution in [2.75, 3.05) is 13.4 Å². The van der Waals surface area contributed by atoms with Gasteiger partial charge in [0, 0.05) is 35.2 Å². The Hall–Kier alpha value is -5.26. The summed E-state index contributed by atoms with van der Waals surface area (Å²) >= 11 is 0. The summed E-state index contributed by atoms with van der Waals surface area (Å²) in [6, 6.07) is 5.92. The van der Waals surface area contributed by atoms with Gasteiger partial charge in [-0.25, -0.2) is 32.4 Å². The lowest BCUT2D eigenvalue weighted by Crippen LogP contribution is -2.32. The molecule has 1 aliphatic rings. The Balaban J connectivity index is 1.62. The summed E-state index contributed by atoms with van der Waals surface area (Å²) in [7, 11) is -2.86. The largest absolute Gasteiger partial charge is 0.496 e. The molecule has 1 aliphatic heterocycles. The highest BCUT2D eigenvalue weighted by atomic mass is 32.2. The Morgan fingerprint density at radius 1 is 0.961 bits per heavy atom. The van der Waals surface area contributed by atoms with E-state index < -0.39 is 80.6 Å². The Bertz CT molecular complexity index is 2140. The second-order valence-electron chi connectivity index (χ2n) is 11.7. The number of ether oxygens (including phenoxy) is 2. The van der Waals surface area contributed by atoms with E-state index in [9.17, 15) is 49.5 Å². The van der Waals surface area contributed by atoms with Crippen molar-refractivity contribution in [1.29, 1.82) is 0 Å². The summed E-state index contributed by atoms with van der Waals surface area (Å²) < 4.78 is 133. The number of carbonyl (C=O) groups excluding carboxylic acids is 1. The van der Waals surface area contributed by atoms with Crippen molar-refractivity contribution in [2.45, 2.75) is 50.0 Å². The molecule has 4 aromatic rings. The van der Waals surface area contributed by atoms with E-state index in [1.165, 1.54) is 38.3 Å². The molecule has 1 aromatic heterocycles. The number of nitrogens with zero attached hydrogens (tertiary/aromatic N) is 3. The quantitative estimate of drug-likeness (QED) is 0.144. The van der Waals surface area contributed by atoms with Gasteiger partial charge in [0.25, 0.3) is 0 Å². The molecule has 1 N–H and O–H groups in total. The standard InChI is InChI=1S/C33H26F7N3O7S/c1-15-7-17(29(44)45)5-6-21(15)22-11-23(27(49-3)12-25(22)34)24-13-41-30(51(4,47)48)42-26(24)14-43-16(2)28(50-31(43)46)18-8-19(32(35,36)37)10-20(9-18)33(38,39)40/h5-13,16,28H,14H2,1-4H3,(H,44,45)/t16-,28-/m0/s1. The van der Waals surface area contributed by atoms with Gasteiger partial charge in [0.05, 0.1) is 42.1 Å². The number of benzene rings is 3. The number of hydrogen-bond donors (Lipinski definition) is 1. The predicted octanol–water partition coefficient (Wildman–Crippen LogP) is 7.49. The van der Waals surface area contributed by atoms with Crippen LogP contribution < -0.4 is 4.74 Å². The van der Waals surface area contributed by atoms with Crippen LogP contribution in [0.25, 0.3) is 22.3 Å². The predicted molar refractivity (Wildman–Crippen MR) is 165 cm³/mol. The third-order valence-electron chi connectivity index (χ3n) is 8.17. The maximum atomic E-state index is 15.5. The number of aromatic nitrogens is 2. The smallest absolute Gasteiger partial charge is 0.416 e. The minimum Gasteiger partial charge on any atom is -0.496 e. The molecule has 10 nitrogen and oxygen atoms in total. The molecular weight excluding hydrogens is 715 g/mol. The van der Waals surface area contributed by atoms with Gasteiger partial charge in [-0.2, -0.15) is 26.3 Å². The second-order valence-corrected chi connectivity index (χ2v) is 13.6. The summed E-state index contributed by atoms with van der Waals surface area (Å²) in [6.45, 7) is 2.27. The molecule has 5 rings (SSSR count). The fourth-order valence-corrected chi connectivity index (χ4v) is 6.15. The molecule has 0 bridgehead atoms. The van der Waals surface area contributed by atoms with Crippen LogP contribution in [-0.2, 0) is 33.5 Å². The summed E-state index contributed by atoms with van der Waals surface area (Å²) in [5.74, 6) is -2.08. The molecule has 18 heteroatoms. The summed E-state index contributed by atoms with van der Waals surface area (Å²) in [5, 5.41) is 8.66. The van der Waals surface area contributed by atoms with Gasteiger partial charge < -0.3 is 14.6 Å². The molecule has 0 unspecified atom stereocenters. The third-order valence-corrected chi connectivity index (χ3v) is 9.03. The highest BCUT2D eigenvalue weighted by molar-refractivity contribution is 7.90. The molecule has 2 heterocycles. The van der Waals surface area contributed by atoms with Gasteiger partial charge in [0.1, 0.15) is 17.7 Å². The molecular formula is C33H26F7N3O7S. The SMILES string of the molecule is COc1cc(F)c(-c2ccc(C(=O)O)cc2C)cc1-c1cnc(S(C)(=O)=O)nc1CN1C(=O)O[C@H](c2cc(C(F)(F)F)cc(C(F)(F)F)c2)[C@@H]1C. The van der Waals surface area contributed by atoms with Crippen LogP contribution in [0.15, 0.2) is 59.9 Å². The minimum absolute atomic E-state index is 0.0159. The normalized spacial score (nSPS) is 16.7. The van der Waals surface area contributed by atoms with Crippen LogP contribution >= 0.6 is 0 Å². The number of alkyl halides is 6. The van der Waals surface area contributed by atoms with E-state index >= 15 is 4.39 Å². The number of aromatic carboxylic acids is 1. The molecule has 0 spiro atoms. The zero-order chi connectivity index (χ0) is 37.8. The van der Waals surface area contributed by atoms with E-state index in [2.05, 4.69) is 9.97 Å². The third kappa shape index (κ3) is 7.45. The van der Waals surface area contributed by atoms with Crippen molar-refractivity contribution in [3.63, 3.8) is 0 Å². The van der Waals surface area contributed by atoms with Gasteiger partial charge >= 0.3 is 24.4 Å². The highest BCUT2D eigenvalue weighted by Crippen LogP contribution is 2.43. The summed E-state index contributed by atoms with van der Waals surface area (Å²) in [5.41, 5.74) is -3.30. The van der Waals surface area contributed by atoms with Crippen molar-refractivity contribution in [2.24, 2.45) is 0 Å². The first-order valence-electron chi connectivity index (χ1n) is 14.6. The van der Waals surface area contributed by atoms with E-state index in [4.69, 9.17) is 9.47 Å². The van der Waals surface area contributed by atoms with Gasteiger partial charge in [0.2, 0.25) is 15.0 Å². The van der Waals surface area contributed by atoms with Gasteiger partial charge in [-0.05, 0) is 66.9 Å². The first-order chi connectivity index (χ1) is 23.6. The van der Waals surface area contributed by atoms with E-state index in [-0.39, 0.29) is 45.3 Å². The zero-order valence-electron chi connectivity index (χ0n) is 26.9. The summed E-state index contributed by atoms with van der Waals surface area (Å²) in [6.07, 6.45) is -11.2. The lowest BCUT2D eigenvalue weighted by molar-refractivity contribution is -0.143. The molecule has 51 heavy (non-hydrogen) atoms. The van der Waals surface area contributed by atoms with E-state index in [1.54, 1.807) is 6.92 Å². The Kier molecular flexibility index (Phi) is 9.53. The first kappa shape index (κ1) is 37.0. The van der Waals surface area contributed by atoms with E-state index in [0.717, 1.165) is 23.4 Å².